The van der Waals surface area contributed by atoms with Crippen molar-refractivity contribution in [1.82, 2.24) is 14.3 Å². The molecule has 11 nitrogen and oxygen atoms in total. The number of likely N-dealkylation sites (N-methyl/N-ethyl adjacent to an activating group) is 1. The molecule has 0 saturated carbocycles. The lowest BCUT2D eigenvalue weighted by molar-refractivity contribution is 0.155. The fraction of sp³-hybridized carbons (Fsp3) is 0.375. The van der Waals surface area contributed by atoms with Crippen LogP contribution in [0, 0.1) is 0 Å². The first-order valence-electron chi connectivity index (χ1n) is 11.7. The molecule has 1 N–H and O–H groups in total. The zero-order valence-corrected chi connectivity index (χ0v) is 23.5. The van der Waals surface area contributed by atoms with Crippen LogP contribution in [0.15, 0.2) is 47.6 Å². The van der Waals surface area contributed by atoms with Crippen LogP contribution in [0.3, 0.4) is 0 Å². The number of carboxylic acid groups (broad SMARTS) is 1. The van der Waals surface area contributed by atoms with Gasteiger partial charge in [-0.05, 0) is 43.7 Å². The molecule has 2 aromatic carbocycles. The highest BCUT2D eigenvalue weighted by Crippen LogP contribution is 2.35. The standard InChI is InChI=1S/C24H28ClN5O6S2/c1-4-29(17-9-10-28(14-17)24(31)32)21-8-7-19(12-20(21)25)38(33,34)30(23-26-15-27-37-23)13-16-5-6-18(35-2)11-22(16)36-3/h5-8,11-12,15,17H,4,9-10,13-14H2,1-3H3,(H,31,32). The molecule has 204 valence electrons. The lowest BCUT2D eigenvalue weighted by Gasteiger charge is -2.31. The fourth-order valence-electron chi connectivity index (χ4n) is 4.47. The molecule has 4 rings (SSSR count). The number of amides is 1. The van der Waals surface area contributed by atoms with Gasteiger partial charge in [0.1, 0.15) is 17.8 Å². The van der Waals surface area contributed by atoms with E-state index in [0.717, 1.165) is 11.5 Å². The maximum Gasteiger partial charge on any atom is 0.407 e. The summed E-state index contributed by atoms with van der Waals surface area (Å²) in [6, 6.07) is 9.66. The van der Waals surface area contributed by atoms with E-state index in [4.69, 9.17) is 21.1 Å². The van der Waals surface area contributed by atoms with Gasteiger partial charge in [0, 0.05) is 48.8 Å². The molecular formula is C24H28ClN5O6S2. The highest BCUT2D eigenvalue weighted by molar-refractivity contribution is 7.93. The summed E-state index contributed by atoms with van der Waals surface area (Å²) in [6.45, 7) is 3.26. The minimum Gasteiger partial charge on any atom is -0.497 e. The molecule has 38 heavy (non-hydrogen) atoms. The van der Waals surface area contributed by atoms with Crippen LogP contribution in [-0.2, 0) is 16.6 Å². The second kappa shape index (κ2) is 11.6. The Balaban J connectivity index is 1.67. The summed E-state index contributed by atoms with van der Waals surface area (Å²) in [7, 11) is -1.07. The molecule has 1 aliphatic rings. The molecule has 3 aromatic rings. The lowest BCUT2D eigenvalue weighted by atomic mass is 10.2. The van der Waals surface area contributed by atoms with E-state index in [9.17, 15) is 18.3 Å². The molecular weight excluding hydrogens is 554 g/mol. The monoisotopic (exact) mass is 581 g/mol. The number of anilines is 2. The summed E-state index contributed by atoms with van der Waals surface area (Å²) in [6.07, 6.45) is 0.997. The number of carbonyl (C=O) groups is 1. The Morgan fingerprint density at radius 2 is 2.03 bits per heavy atom. The van der Waals surface area contributed by atoms with E-state index in [2.05, 4.69) is 9.36 Å². The van der Waals surface area contributed by atoms with Gasteiger partial charge in [0.25, 0.3) is 10.0 Å². The zero-order chi connectivity index (χ0) is 27.4. The molecule has 1 fully saturated rings. The average molecular weight is 582 g/mol. The molecule has 0 spiro atoms. The Bertz CT molecular complexity index is 1390. The summed E-state index contributed by atoms with van der Waals surface area (Å²) in [5, 5.41) is 9.76. The van der Waals surface area contributed by atoms with Crippen LogP contribution >= 0.6 is 23.1 Å². The van der Waals surface area contributed by atoms with Crippen LogP contribution in [-0.4, -0.2) is 73.8 Å². The van der Waals surface area contributed by atoms with Crippen molar-refractivity contribution in [2.45, 2.75) is 30.8 Å². The van der Waals surface area contributed by atoms with Gasteiger partial charge in [0.2, 0.25) is 5.13 Å². The Kier molecular flexibility index (Phi) is 8.48. The second-order valence-electron chi connectivity index (χ2n) is 8.48. The number of methoxy groups -OCH3 is 2. The number of hydrogen-bond acceptors (Lipinski definition) is 9. The largest absolute Gasteiger partial charge is 0.497 e. The quantitative estimate of drug-likeness (QED) is 0.375. The fourth-order valence-corrected chi connectivity index (χ4v) is 6.98. The first kappa shape index (κ1) is 27.7. The number of rotatable bonds is 10. The minimum atomic E-state index is -4.11. The summed E-state index contributed by atoms with van der Waals surface area (Å²) < 4.78 is 43.6. The summed E-state index contributed by atoms with van der Waals surface area (Å²) in [4.78, 5) is 18.9. The molecule has 0 aliphatic carbocycles. The van der Waals surface area contributed by atoms with Gasteiger partial charge in [0.05, 0.1) is 36.4 Å². The van der Waals surface area contributed by atoms with Crippen LogP contribution < -0.4 is 18.7 Å². The molecule has 0 bridgehead atoms. The van der Waals surface area contributed by atoms with E-state index in [1.807, 2.05) is 11.8 Å². The van der Waals surface area contributed by atoms with E-state index in [1.54, 1.807) is 24.3 Å². The topological polar surface area (TPSA) is 125 Å². The number of halogens is 1. The third-order valence-electron chi connectivity index (χ3n) is 6.40. The number of benzene rings is 2. The second-order valence-corrected chi connectivity index (χ2v) is 11.5. The van der Waals surface area contributed by atoms with Gasteiger partial charge in [-0.1, -0.05) is 11.6 Å². The Morgan fingerprint density at radius 3 is 2.61 bits per heavy atom. The van der Waals surface area contributed by atoms with Gasteiger partial charge in [0.15, 0.2) is 0 Å². The maximum atomic E-state index is 13.9. The maximum absolute atomic E-state index is 13.9. The molecule has 2 heterocycles. The number of aromatic nitrogens is 2. The van der Waals surface area contributed by atoms with E-state index in [1.165, 1.54) is 41.9 Å². The SMILES string of the molecule is CCN(c1ccc(S(=O)(=O)N(Cc2ccc(OC)cc2OC)c2ncns2)cc1Cl)C1CCN(C(=O)O)C1. The van der Waals surface area contributed by atoms with Crippen LogP contribution in [0.25, 0.3) is 0 Å². The summed E-state index contributed by atoms with van der Waals surface area (Å²) >= 11 is 7.60. The highest BCUT2D eigenvalue weighted by atomic mass is 35.5. The smallest absolute Gasteiger partial charge is 0.407 e. The van der Waals surface area contributed by atoms with Crippen LogP contribution in [0.4, 0.5) is 15.6 Å². The number of nitrogens with zero attached hydrogens (tertiary/aromatic N) is 5. The van der Waals surface area contributed by atoms with Gasteiger partial charge in [-0.2, -0.15) is 4.37 Å². The van der Waals surface area contributed by atoms with Crippen molar-refractivity contribution in [2.75, 3.05) is 43.1 Å². The van der Waals surface area contributed by atoms with Crippen molar-refractivity contribution in [3.05, 3.63) is 53.3 Å². The summed E-state index contributed by atoms with van der Waals surface area (Å²) in [5.74, 6) is 1.04. The molecule has 1 amide bonds. The van der Waals surface area contributed by atoms with Gasteiger partial charge >= 0.3 is 6.09 Å². The predicted molar refractivity (Wildman–Crippen MR) is 145 cm³/mol. The average Bonchev–Trinajstić information content (AvgIpc) is 3.61. The van der Waals surface area contributed by atoms with Crippen molar-refractivity contribution in [2.24, 2.45) is 0 Å². The summed E-state index contributed by atoms with van der Waals surface area (Å²) in [5.41, 5.74) is 1.25. The molecule has 1 saturated heterocycles. The number of ether oxygens (including phenoxy) is 2. The predicted octanol–water partition coefficient (Wildman–Crippen LogP) is 4.18. The number of hydrogen-bond donors (Lipinski definition) is 1. The number of likely N-dealkylation sites (tertiary alicyclic amines) is 1. The van der Waals surface area contributed by atoms with Crippen LogP contribution in [0.1, 0.15) is 18.9 Å². The van der Waals surface area contributed by atoms with Crippen LogP contribution in [0.2, 0.25) is 5.02 Å². The van der Waals surface area contributed by atoms with Gasteiger partial charge in [-0.3, -0.25) is 0 Å². The highest BCUT2D eigenvalue weighted by Gasteiger charge is 2.32. The van der Waals surface area contributed by atoms with Crippen molar-refractivity contribution >= 4 is 50.1 Å². The van der Waals surface area contributed by atoms with E-state index in [-0.39, 0.29) is 27.6 Å². The van der Waals surface area contributed by atoms with Crippen LogP contribution in [0.5, 0.6) is 11.5 Å². The Morgan fingerprint density at radius 1 is 1.24 bits per heavy atom. The number of sulfonamides is 1. The van der Waals surface area contributed by atoms with Crippen molar-refractivity contribution < 1.29 is 27.8 Å². The third-order valence-corrected chi connectivity index (χ3v) is 9.24. The molecule has 14 heteroatoms. The molecule has 1 unspecified atom stereocenters. The Hall–Kier alpha value is -3.29. The van der Waals surface area contributed by atoms with E-state index < -0.39 is 16.1 Å². The third kappa shape index (κ3) is 5.59. The van der Waals surface area contributed by atoms with E-state index >= 15 is 0 Å². The van der Waals surface area contributed by atoms with Crippen molar-refractivity contribution in [3.63, 3.8) is 0 Å². The van der Waals surface area contributed by atoms with Crippen molar-refractivity contribution in [3.8, 4) is 11.5 Å². The normalized spacial score (nSPS) is 15.4. The molecule has 1 aliphatic heterocycles. The van der Waals surface area contributed by atoms with Crippen molar-refractivity contribution in [1.29, 1.82) is 0 Å². The zero-order valence-electron chi connectivity index (χ0n) is 21.1. The van der Waals surface area contributed by atoms with Gasteiger partial charge < -0.3 is 24.4 Å². The Labute approximate surface area is 230 Å². The minimum absolute atomic E-state index is 0.0106. The lowest BCUT2D eigenvalue weighted by Crippen LogP contribution is -2.38. The first-order valence-corrected chi connectivity index (χ1v) is 14.3. The molecule has 0 radical (unpaired) electrons. The molecule has 1 aromatic heterocycles. The van der Waals surface area contributed by atoms with E-state index in [0.29, 0.717) is 48.8 Å². The van der Waals surface area contributed by atoms with Gasteiger partial charge in [-0.25, -0.2) is 22.5 Å². The first-order chi connectivity index (χ1) is 18.2. The molecule has 1 atom stereocenters. The van der Waals surface area contributed by atoms with Gasteiger partial charge in [-0.15, -0.1) is 0 Å².